The van der Waals surface area contributed by atoms with Gasteiger partial charge in [-0.3, -0.25) is 4.79 Å². The summed E-state index contributed by atoms with van der Waals surface area (Å²) in [4.78, 5) is 12.2. The zero-order valence-corrected chi connectivity index (χ0v) is 19.6. The maximum atomic E-state index is 12.2. The summed E-state index contributed by atoms with van der Waals surface area (Å²) in [5.74, 6) is 0.505. The van der Waals surface area contributed by atoms with E-state index >= 15 is 0 Å². The van der Waals surface area contributed by atoms with Gasteiger partial charge in [0.2, 0.25) is 0 Å². The van der Waals surface area contributed by atoms with E-state index in [-0.39, 0.29) is 17.0 Å². The van der Waals surface area contributed by atoms with Crippen LogP contribution in [-0.4, -0.2) is 43.3 Å². The molecule has 0 aliphatic heterocycles. The zero-order valence-electron chi connectivity index (χ0n) is 19.6. The fraction of sp³-hybridized carbons (Fsp3) is 0.565. The Labute approximate surface area is 192 Å². The molecule has 176 valence electrons. The predicted octanol–water partition coefficient (Wildman–Crippen LogP) is 3.01. The van der Waals surface area contributed by atoms with Crippen molar-refractivity contribution in [2.45, 2.75) is 71.0 Å². The van der Waals surface area contributed by atoms with Crippen molar-refractivity contribution in [1.29, 1.82) is 0 Å². The number of hydrogen-bond donors (Lipinski definition) is 4. The van der Waals surface area contributed by atoms with Crippen LogP contribution in [0.5, 0.6) is 0 Å². The average molecular weight is 453 g/mol. The van der Waals surface area contributed by atoms with E-state index in [4.69, 9.17) is 15.9 Å². The van der Waals surface area contributed by atoms with Gasteiger partial charge in [-0.05, 0) is 51.5 Å². The summed E-state index contributed by atoms with van der Waals surface area (Å²) < 4.78 is 7.55. The number of hydrogen-bond acceptors (Lipinski definition) is 8. The Morgan fingerprint density at radius 3 is 2.67 bits per heavy atom. The normalized spacial score (nSPS) is 25.3. The summed E-state index contributed by atoms with van der Waals surface area (Å²) in [6, 6.07) is 2.65. The van der Waals surface area contributed by atoms with Gasteiger partial charge in [0.15, 0.2) is 0 Å². The number of nitrogens with two attached hydrogens (primary N) is 2. The molecule has 3 atom stereocenters. The SMILES string of the molecule is CC(Nc1nnc(-c2cc3c(N[C@@H]4CC[C@](C)(N)C4(C)C)c(C(N)=O)cnn3c2)o1)C1CC1. The molecule has 5 rings (SSSR count). The lowest BCUT2D eigenvalue weighted by atomic mass is 9.75. The molecule has 0 saturated heterocycles. The minimum absolute atomic E-state index is 0.0678. The first-order chi connectivity index (χ1) is 15.6. The highest BCUT2D eigenvalue weighted by Crippen LogP contribution is 2.46. The van der Waals surface area contributed by atoms with Gasteiger partial charge in [0.05, 0.1) is 28.5 Å². The number of rotatable bonds is 7. The van der Waals surface area contributed by atoms with Crippen LogP contribution in [0.15, 0.2) is 22.9 Å². The molecule has 2 saturated carbocycles. The maximum Gasteiger partial charge on any atom is 0.315 e. The van der Waals surface area contributed by atoms with Crippen LogP contribution < -0.4 is 22.1 Å². The highest BCUT2D eigenvalue weighted by molar-refractivity contribution is 6.02. The van der Waals surface area contributed by atoms with E-state index in [0.29, 0.717) is 46.2 Å². The summed E-state index contributed by atoms with van der Waals surface area (Å²) in [6.07, 6.45) is 7.52. The number of nitrogens with one attached hydrogen (secondary N) is 2. The van der Waals surface area contributed by atoms with Gasteiger partial charge >= 0.3 is 6.01 Å². The van der Waals surface area contributed by atoms with Crippen LogP contribution in [0.1, 0.15) is 63.7 Å². The Bertz CT molecular complexity index is 1210. The Balaban J connectivity index is 1.49. The van der Waals surface area contributed by atoms with Crippen molar-refractivity contribution in [2.24, 2.45) is 22.8 Å². The quantitative estimate of drug-likeness (QED) is 0.427. The van der Waals surface area contributed by atoms with Crippen LogP contribution >= 0.6 is 0 Å². The van der Waals surface area contributed by atoms with Crippen molar-refractivity contribution < 1.29 is 9.21 Å². The Hall–Kier alpha value is -3.14. The van der Waals surface area contributed by atoms with E-state index in [9.17, 15) is 4.79 Å². The van der Waals surface area contributed by atoms with E-state index in [0.717, 1.165) is 12.8 Å². The lowest BCUT2D eigenvalue weighted by Gasteiger charge is -2.39. The van der Waals surface area contributed by atoms with Crippen LogP contribution in [-0.2, 0) is 0 Å². The molecule has 3 aromatic heterocycles. The summed E-state index contributed by atoms with van der Waals surface area (Å²) in [5.41, 5.74) is 14.1. The van der Waals surface area contributed by atoms with Gasteiger partial charge in [-0.2, -0.15) is 5.10 Å². The second-order valence-electron chi connectivity index (χ2n) is 10.4. The number of fused-ring (bicyclic) bond motifs is 1. The van der Waals surface area contributed by atoms with Crippen molar-refractivity contribution in [2.75, 3.05) is 10.6 Å². The summed E-state index contributed by atoms with van der Waals surface area (Å²) in [5, 5.41) is 19.6. The molecular formula is C23H32N8O2. The monoisotopic (exact) mass is 452 g/mol. The lowest BCUT2D eigenvalue weighted by molar-refractivity contribution is 0.100. The molecule has 0 aromatic carbocycles. The molecule has 0 radical (unpaired) electrons. The highest BCUT2D eigenvalue weighted by atomic mass is 16.4. The summed E-state index contributed by atoms with van der Waals surface area (Å²) in [7, 11) is 0. The Morgan fingerprint density at radius 1 is 1.27 bits per heavy atom. The van der Waals surface area contributed by atoms with Crippen molar-refractivity contribution in [1.82, 2.24) is 19.8 Å². The third kappa shape index (κ3) is 3.72. The molecule has 2 aliphatic carbocycles. The summed E-state index contributed by atoms with van der Waals surface area (Å²) in [6.45, 7) is 8.50. The largest absolute Gasteiger partial charge is 0.403 e. The van der Waals surface area contributed by atoms with Gasteiger partial charge in [-0.15, -0.1) is 5.10 Å². The molecule has 33 heavy (non-hydrogen) atoms. The fourth-order valence-electron chi connectivity index (χ4n) is 4.77. The van der Waals surface area contributed by atoms with E-state index in [1.807, 2.05) is 6.07 Å². The third-order valence-electron chi connectivity index (χ3n) is 7.87. The van der Waals surface area contributed by atoms with Gasteiger partial charge in [0.1, 0.15) is 0 Å². The lowest BCUT2D eigenvalue weighted by Crippen LogP contribution is -2.51. The van der Waals surface area contributed by atoms with Crippen LogP contribution in [0.4, 0.5) is 11.7 Å². The number of carbonyl (C=O) groups excluding carboxylic acids is 1. The van der Waals surface area contributed by atoms with Crippen molar-refractivity contribution in [3.63, 3.8) is 0 Å². The molecule has 3 heterocycles. The molecule has 6 N–H and O–H groups in total. The molecule has 1 amide bonds. The summed E-state index contributed by atoms with van der Waals surface area (Å²) >= 11 is 0. The first-order valence-corrected chi connectivity index (χ1v) is 11.5. The van der Waals surface area contributed by atoms with Crippen LogP contribution in [0.25, 0.3) is 17.0 Å². The molecule has 10 heteroatoms. The molecular weight excluding hydrogens is 420 g/mol. The highest BCUT2D eigenvalue weighted by Gasteiger charge is 2.49. The van der Waals surface area contributed by atoms with Crippen LogP contribution in [0.2, 0.25) is 0 Å². The van der Waals surface area contributed by atoms with Crippen LogP contribution in [0, 0.1) is 11.3 Å². The van der Waals surface area contributed by atoms with E-state index in [2.05, 4.69) is 53.6 Å². The zero-order chi connectivity index (χ0) is 23.5. The average Bonchev–Trinajstić information content (AvgIpc) is 3.28. The van der Waals surface area contributed by atoms with Crippen molar-refractivity contribution in [3.05, 3.63) is 24.0 Å². The molecule has 1 unspecified atom stereocenters. The molecule has 10 nitrogen and oxygen atoms in total. The number of amides is 1. The smallest absolute Gasteiger partial charge is 0.315 e. The number of nitrogens with zero attached hydrogens (tertiary/aromatic N) is 4. The minimum atomic E-state index is -0.542. The Kier molecular flexibility index (Phi) is 4.89. The second kappa shape index (κ2) is 7.44. The van der Waals surface area contributed by atoms with Gasteiger partial charge in [0.25, 0.3) is 11.8 Å². The van der Waals surface area contributed by atoms with E-state index in [1.165, 1.54) is 19.0 Å². The number of carbonyl (C=O) groups is 1. The molecule has 0 bridgehead atoms. The van der Waals surface area contributed by atoms with Crippen LogP contribution in [0.3, 0.4) is 0 Å². The molecule has 3 aromatic rings. The second-order valence-corrected chi connectivity index (χ2v) is 10.4. The van der Waals surface area contributed by atoms with Crippen molar-refractivity contribution in [3.8, 4) is 11.5 Å². The molecule has 2 fully saturated rings. The molecule has 2 aliphatic rings. The van der Waals surface area contributed by atoms with E-state index in [1.54, 1.807) is 10.7 Å². The first kappa shape index (κ1) is 21.7. The maximum absolute atomic E-state index is 12.2. The van der Waals surface area contributed by atoms with Gasteiger partial charge in [0, 0.05) is 29.2 Å². The fourth-order valence-corrected chi connectivity index (χ4v) is 4.77. The van der Waals surface area contributed by atoms with Gasteiger partial charge in [-0.1, -0.05) is 18.9 Å². The standard InChI is InChI=1S/C23H32N8O2/c1-12(13-5-6-13)27-21-30-29-20(33-21)14-9-16-18(15(19(24)32)10-26-31(16)11-14)28-17-7-8-23(4,25)22(17,2)3/h9-13,17,28H,5-8,25H2,1-4H3,(H2,24,32)(H,27,30)/t12?,17-,23+/m1/s1. The number of anilines is 2. The minimum Gasteiger partial charge on any atom is -0.403 e. The number of primary amides is 1. The van der Waals surface area contributed by atoms with E-state index < -0.39 is 5.91 Å². The third-order valence-corrected chi connectivity index (χ3v) is 7.87. The molecule has 0 spiro atoms. The predicted molar refractivity (Wildman–Crippen MR) is 126 cm³/mol. The van der Waals surface area contributed by atoms with Gasteiger partial charge < -0.3 is 26.5 Å². The Morgan fingerprint density at radius 2 is 2.03 bits per heavy atom. The topological polar surface area (TPSA) is 149 Å². The van der Waals surface area contributed by atoms with Gasteiger partial charge in [-0.25, -0.2) is 4.52 Å². The number of aromatic nitrogens is 4. The first-order valence-electron chi connectivity index (χ1n) is 11.5. The van der Waals surface area contributed by atoms with Crippen molar-refractivity contribution >= 4 is 23.1 Å².